The molecular formula is C12H10FN5O2. The Morgan fingerprint density at radius 2 is 2.35 bits per heavy atom. The van der Waals surface area contributed by atoms with Gasteiger partial charge in [0.15, 0.2) is 0 Å². The lowest BCUT2D eigenvalue weighted by Gasteiger charge is -2.09. The van der Waals surface area contributed by atoms with E-state index in [2.05, 4.69) is 20.7 Å². The van der Waals surface area contributed by atoms with Crippen LogP contribution in [0.5, 0.6) is 0 Å². The molecule has 1 unspecified atom stereocenters. The number of amides is 2. The Morgan fingerprint density at radius 1 is 1.50 bits per heavy atom. The predicted octanol–water partition coefficient (Wildman–Crippen LogP) is 0.939. The van der Waals surface area contributed by atoms with Crippen LogP contribution < -0.4 is 10.6 Å². The van der Waals surface area contributed by atoms with Crippen LogP contribution >= 0.6 is 0 Å². The third-order valence-electron chi connectivity index (χ3n) is 2.89. The summed E-state index contributed by atoms with van der Waals surface area (Å²) in [4.78, 5) is 27.4. The van der Waals surface area contributed by atoms with Gasteiger partial charge in [-0.1, -0.05) is 6.07 Å². The minimum Gasteiger partial charge on any atom is -0.326 e. The Morgan fingerprint density at radius 3 is 3.15 bits per heavy atom. The van der Waals surface area contributed by atoms with Gasteiger partial charge in [0.2, 0.25) is 11.9 Å². The van der Waals surface area contributed by atoms with Crippen molar-refractivity contribution in [2.24, 2.45) is 0 Å². The summed E-state index contributed by atoms with van der Waals surface area (Å²) >= 11 is 0. The highest BCUT2D eigenvalue weighted by Crippen LogP contribution is 2.24. The van der Waals surface area contributed by atoms with E-state index in [1.165, 1.54) is 29.2 Å². The Bertz CT molecular complexity index is 684. The first-order valence-corrected chi connectivity index (χ1v) is 5.89. The van der Waals surface area contributed by atoms with Crippen molar-refractivity contribution in [3.8, 4) is 0 Å². The van der Waals surface area contributed by atoms with Crippen LogP contribution in [0.3, 0.4) is 0 Å². The maximum atomic E-state index is 13.0. The van der Waals surface area contributed by atoms with Crippen LogP contribution in [0.25, 0.3) is 0 Å². The number of anilines is 2. The van der Waals surface area contributed by atoms with Crippen molar-refractivity contribution in [2.45, 2.75) is 12.5 Å². The zero-order valence-corrected chi connectivity index (χ0v) is 10.2. The van der Waals surface area contributed by atoms with Crippen molar-refractivity contribution >= 4 is 23.5 Å². The summed E-state index contributed by atoms with van der Waals surface area (Å²) in [6.45, 7) is 0. The number of hydrogen-bond donors (Lipinski definition) is 2. The summed E-state index contributed by atoms with van der Waals surface area (Å²) < 4.78 is 14.4. The molecule has 0 fully saturated rings. The smallest absolute Gasteiger partial charge is 0.252 e. The molecule has 1 aliphatic heterocycles. The predicted molar refractivity (Wildman–Crippen MR) is 67.3 cm³/mol. The van der Waals surface area contributed by atoms with Gasteiger partial charge in [0.1, 0.15) is 18.2 Å². The molecule has 2 heterocycles. The van der Waals surface area contributed by atoms with Crippen LogP contribution in [0.1, 0.15) is 12.5 Å². The molecule has 1 aromatic heterocycles. The van der Waals surface area contributed by atoms with E-state index in [9.17, 15) is 14.0 Å². The molecule has 1 aromatic carbocycles. The highest BCUT2D eigenvalue weighted by atomic mass is 19.1. The molecule has 1 aliphatic rings. The van der Waals surface area contributed by atoms with E-state index in [0.29, 0.717) is 11.6 Å². The lowest BCUT2D eigenvalue weighted by Crippen LogP contribution is -2.23. The number of nitrogens with zero attached hydrogens (tertiary/aromatic N) is 3. The molecule has 0 spiro atoms. The Labute approximate surface area is 112 Å². The van der Waals surface area contributed by atoms with E-state index in [-0.39, 0.29) is 12.3 Å². The van der Waals surface area contributed by atoms with Crippen LogP contribution in [0, 0.1) is 5.82 Å². The van der Waals surface area contributed by atoms with Gasteiger partial charge in [0, 0.05) is 5.69 Å². The average molecular weight is 275 g/mol. The highest BCUT2D eigenvalue weighted by Gasteiger charge is 2.33. The molecule has 2 amide bonds. The number of carbonyl (C=O) groups excluding carboxylic acids is 2. The van der Waals surface area contributed by atoms with Crippen LogP contribution in [-0.2, 0) is 9.59 Å². The number of rotatable bonds is 3. The minimum absolute atomic E-state index is 0.0985. The fraction of sp³-hybridized carbons (Fsp3) is 0.167. The summed E-state index contributed by atoms with van der Waals surface area (Å²) in [6, 6.07) is 4.80. The molecule has 2 aromatic rings. The zero-order chi connectivity index (χ0) is 14.1. The molecule has 0 bridgehead atoms. The van der Waals surface area contributed by atoms with Gasteiger partial charge in [-0.3, -0.25) is 14.9 Å². The van der Waals surface area contributed by atoms with Gasteiger partial charge in [-0.15, -0.1) is 0 Å². The molecular weight excluding hydrogens is 265 g/mol. The summed E-state index contributed by atoms with van der Waals surface area (Å²) in [5.74, 6) is -0.868. The van der Waals surface area contributed by atoms with E-state index in [4.69, 9.17) is 0 Å². The fourth-order valence-electron chi connectivity index (χ4n) is 2.01. The summed E-state index contributed by atoms with van der Waals surface area (Å²) in [5.41, 5.74) is 0.340. The molecule has 0 aliphatic carbocycles. The van der Waals surface area contributed by atoms with E-state index < -0.39 is 17.8 Å². The zero-order valence-electron chi connectivity index (χ0n) is 10.2. The standard InChI is InChI=1S/C12H10FN5O2/c13-7-2-1-3-8(4-7)16-10(19)5-9-11(20)17-12-14-6-15-18(9)12/h1-4,6,9H,5H2,(H,16,19)(H,14,15,17,20). The van der Waals surface area contributed by atoms with Gasteiger partial charge < -0.3 is 5.32 Å². The Kier molecular flexibility index (Phi) is 2.90. The van der Waals surface area contributed by atoms with Gasteiger partial charge in [-0.25, -0.2) is 9.07 Å². The van der Waals surface area contributed by atoms with Crippen LogP contribution in [0.2, 0.25) is 0 Å². The fourth-order valence-corrected chi connectivity index (χ4v) is 2.01. The third-order valence-corrected chi connectivity index (χ3v) is 2.89. The van der Waals surface area contributed by atoms with Crippen molar-refractivity contribution in [2.75, 3.05) is 10.6 Å². The molecule has 0 saturated heterocycles. The Balaban J connectivity index is 1.69. The Hall–Kier alpha value is -2.77. The maximum absolute atomic E-state index is 13.0. The monoisotopic (exact) mass is 275 g/mol. The third kappa shape index (κ3) is 2.22. The molecule has 102 valence electrons. The number of carbonyl (C=O) groups is 2. The van der Waals surface area contributed by atoms with Crippen molar-refractivity contribution in [3.63, 3.8) is 0 Å². The number of hydrogen-bond acceptors (Lipinski definition) is 4. The van der Waals surface area contributed by atoms with E-state index >= 15 is 0 Å². The normalized spacial score (nSPS) is 16.6. The minimum atomic E-state index is -0.735. The second kappa shape index (κ2) is 4.72. The topological polar surface area (TPSA) is 88.9 Å². The molecule has 7 nitrogen and oxygen atoms in total. The first-order valence-electron chi connectivity index (χ1n) is 5.89. The average Bonchev–Trinajstić information content (AvgIpc) is 2.93. The summed E-state index contributed by atoms with van der Waals surface area (Å²) in [6.07, 6.45) is 1.20. The molecule has 1 atom stereocenters. The SMILES string of the molecule is O=C(CC1C(=O)Nc2ncnn21)Nc1cccc(F)c1. The summed E-state index contributed by atoms with van der Waals surface area (Å²) in [5, 5.41) is 8.93. The lowest BCUT2D eigenvalue weighted by molar-refractivity contribution is -0.123. The van der Waals surface area contributed by atoms with E-state index in [0.717, 1.165) is 0 Å². The quantitative estimate of drug-likeness (QED) is 0.872. The van der Waals surface area contributed by atoms with Crippen LogP contribution in [0.15, 0.2) is 30.6 Å². The number of aromatic nitrogens is 3. The van der Waals surface area contributed by atoms with Crippen molar-refractivity contribution in [1.29, 1.82) is 0 Å². The van der Waals surface area contributed by atoms with Gasteiger partial charge in [0.05, 0.1) is 6.42 Å². The molecule has 0 saturated carbocycles. The van der Waals surface area contributed by atoms with Gasteiger partial charge in [-0.05, 0) is 18.2 Å². The first kappa shape index (κ1) is 12.3. The van der Waals surface area contributed by atoms with E-state index in [1.807, 2.05) is 0 Å². The summed E-state index contributed by atoms with van der Waals surface area (Å²) in [7, 11) is 0. The van der Waals surface area contributed by atoms with Gasteiger partial charge in [0.25, 0.3) is 5.91 Å². The van der Waals surface area contributed by atoms with Crippen LogP contribution in [0.4, 0.5) is 16.0 Å². The number of halogens is 1. The number of fused-ring (bicyclic) bond motifs is 1. The number of nitrogens with one attached hydrogen (secondary N) is 2. The second-order valence-electron chi connectivity index (χ2n) is 4.30. The molecule has 2 N–H and O–H groups in total. The number of benzene rings is 1. The van der Waals surface area contributed by atoms with Crippen LogP contribution in [-0.4, -0.2) is 26.6 Å². The van der Waals surface area contributed by atoms with Gasteiger partial charge in [-0.2, -0.15) is 10.1 Å². The van der Waals surface area contributed by atoms with Crippen molar-refractivity contribution in [3.05, 3.63) is 36.4 Å². The highest BCUT2D eigenvalue weighted by molar-refractivity contribution is 6.00. The van der Waals surface area contributed by atoms with Gasteiger partial charge >= 0.3 is 0 Å². The lowest BCUT2D eigenvalue weighted by atomic mass is 10.2. The molecule has 3 rings (SSSR count). The second-order valence-corrected chi connectivity index (χ2v) is 4.30. The molecule has 8 heteroatoms. The maximum Gasteiger partial charge on any atom is 0.252 e. The first-order chi connectivity index (χ1) is 9.63. The van der Waals surface area contributed by atoms with E-state index in [1.54, 1.807) is 6.07 Å². The molecule has 0 radical (unpaired) electrons. The molecule has 20 heavy (non-hydrogen) atoms. The van der Waals surface area contributed by atoms with Crippen molar-refractivity contribution < 1.29 is 14.0 Å². The van der Waals surface area contributed by atoms with Crippen molar-refractivity contribution in [1.82, 2.24) is 14.8 Å². The largest absolute Gasteiger partial charge is 0.326 e.